The standard InChI is InChI=1S/C20H22Br2N2O4/c1-2-28-11-5-3-10(4-6-11)23-14(25)7-8-24-19(26)15-12-9-13(16(15)20(24)27)18(22)17(12)21/h3-6,12-13,15-18H,2,7-9H2,1H3,(H,23,25). The molecular weight excluding hydrogens is 492 g/mol. The van der Waals surface area contributed by atoms with Gasteiger partial charge in [-0.2, -0.15) is 0 Å². The second-order valence-electron chi connectivity index (χ2n) is 7.59. The van der Waals surface area contributed by atoms with Crippen LogP contribution in [0.25, 0.3) is 0 Å². The van der Waals surface area contributed by atoms with Crippen LogP contribution >= 0.6 is 31.9 Å². The summed E-state index contributed by atoms with van der Waals surface area (Å²) < 4.78 is 5.38. The lowest BCUT2D eigenvalue weighted by atomic mass is 9.81. The van der Waals surface area contributed by atoms with Gasteiger partial charge in [-0.3, -0.25) is 19.3 Å². The van der Waals surface area contributed by atoms with Gasteiger partial charge in [0, 0.05) is 28.3 Å². The molecule has 6 nitrogen and oxygen atoms in total. The Kier molecular flexibility index (Phi) is 5.53. The van der Waals surface area contributed by atoms with E-state index in [0.717, 1.165) is 12.2 Å². The third kappa shape index (κ3) is 3.28. The number of amides is 3. The van der Waals surface area contributed by atoms with Crippen molar-refractivity contribution in [3.8, 4) is 5.75 Å². The van der Waals surface area contributed by atoms with Crippen molar-refractivity contribution in [1.82, 2.24) is 4.90 Å². The maximum absolute atomic E-state index is 12.8. The van der Waals surface area contributed by atoms with Crippen LogP contribution in [0.3, 0.4) is 0 Å². The van der Waals surface area contributed by atoms with Crippen LogP contribution in [0.4, 0.5) is 5.69 Å². The first-order valence-electron chi connectivity index (χ1n) is 9.58. The highest BCUT2D eigenvalue weighted by atomic mass is 79.9. The maximum atomic E-state index is 12.8. The Bertz CT molecular complexity index is 768. The van der Waals surface area contributed by atoms with E-state index < -0.39 is 0 Å². The molecule has 1 saturated heterocycles. The Morgan fingerprint density at radius 1 is 1.11 bits per heavy atom. The summed E-state index contributed by atoms with van der Waals surface area (Å²) in [6, 6.07) is 7.11. The van der Waals surface area contributed by atoms with E-state index >= 15 is 0 Å². The van der Waals surface area contributed by atoms with Crippen LogP contribution in [-0.2, 0) is 14.4 Å². The van der Waals surface area contributed by atoms with E-state index in [2.05, 4.69) is 37.2 Å². The topological polar surface area (TPSA) is 75.7 Å². The van der Waals surface area contributed by atoms with Crippen LogP contribution in [0.1, 0.15) is 19.8 Å². The SMILES string of the molecule is CCOc1ccc(NC(=O)CCN2C(=O)C3C4CC(C(Br)C4Br)C3C2=O)cc1. The zero-order valence-corrected chi connectivity index (χ0v) is 18.6. The Morgan fingerprint density at radius 3 is 2.21 bits per heavy atom. The number of hydrogen-bond donors (Lipinski definition) is 1. The summed E-state index contributed by atoms with van der Waals surface area (Å²) in [5, 5.41) is 2.80. The summed E-state index contributed by atoms with van der Waals surface area (Å²) in [6.07, 6.45) is 1.000. The Hall–Kier alpha value is -1.41. The van der Waals surface area contributed by atoms with Gasteiger partial charge < -0.3 is 10.1 Å². The van der Waals surface area contributed by atoms with E-state index in [-0.39, 0.29) is 64.0 Å². The van der Waals surface area contributed by atoms with Crippen molar-refractivity contribution in [3.63, 3.8) is 0 Å². The quantitative estimate of drug-likeness (QED) is 0.468. The second kappa shape index (κ2) is 7.78. The molecule has 0 aromatic heterocycles. The molecule has 1 aromatic rings. The van der Waals surface area contributed by atoms with Crippen LogP contribution in [0.15, 0.2) is 24.3 Å². The molecule has 3 amide bonds. The fourth-order valence-corrected chi connectivity index (χ4v) is 6.74. The number of hydrogen-bond acceptors (Lipinski definition) is 4. The van der Waals surface area contributed by atoms with E-state index in [9.17, 15) is 14.4 Å². The Balaban J connectivity index is 1.34. The number of halogens is 2. The molecule has 28 heavy (non-hydrogen) atoms. The van der Waals surface area contributed by atoms with Crippen molar-refractivity contribution in [1.29, 1.82) is 0 Å². The van der Waals surface area contributed by atoms with Crippen molar-refractivity contribution < 1.29 is 19.1 Å². The number of ether oxygens (including phenoxy) is 1. The molecule has 6 unspecified atom stereocenters. The first-order valence-corrected chi connectivity index (χ1v) is 11.4. The number of likely N-dealkylation sites (tertiary alicyclic amines) is 1. The Morgan fingerprint density at radius 2 is 1.68 bits per heavy atom. The zero-order chi connectivity index (χ0) is 20.0. The third-order valence-corrected chi connectivity index (χ3v) is 9.30. The molecule has 1 heterocycles. The fraction of sp³-hybridized carbons (Fsp3) is 0.550. The molecule has 2 aliphatic carbocycles. The first-order chi connectivity index (χ1) is 13.4. The number of fused-ring (bicyclic) bond motifs is 5. The summed E-state index contributed by atoms with van der Waals surface area (Å²) in [5.74, 6) is 0.221. The third-order valence-electron chi connectivity index (χ3n) is 6.09. The minimum Gasteiger partial charge on any atom is -0.494 e. The minimum absolute atomic E-state index is 0.0922. The number of anilines is 1. The number of imide groups is 1. The van der Waals surface area contributed by atoms with Crippen molar-refractivity contribution in [2.24, 2.45) is 23.7 Å². The smallest absolute Gasteiger partial charge is 0.233 e. The van der Waals surface area contributed by atoms with E-state index in [1.54, 1.807) is 24.3 Å². The molecule has 4 rings (SSSR count). The van der Waals surface area contributed by atoms with Gasteiger partial charge in [0.2, 0.25) is 17.7 Å². The highest BCUT2D eigenvalue weighted by molar-refractivity contribution is 9.12. The monoisotopic (exact) mass is 512 g/mol. The molecule has 3 aliphatic rings. The molecule has 6 atom stereocenters. The summed E-state index contributed by atoms with van der Waals surface area (Å²) in [4.78, 5) is 39.7. The summed E-state index contributed by atoms with van der Waals surface area (Å²) >= 11 is 7.35. The van der Waals surface area contributed by atoms with Crippen molar-refractivity contribution >= 4 is 55.3 Å². The van der Waals surface area contributed by atoms with Gasteiger partial charge in [0.1, 0.15) is 5.75 Å². The molecule has 8 heteroatoms. The highest BCUT2D eigenvalue weighted by Gasteiger charge is 2.66. The second-order valence-corrected chi connectivity index (χ2v) is 9.70. The number of benzene rings is 1. The molecule has 1 aromatic carbocycles. The highest BCUT2D eigenvalue weighted by Crippen LogP contribution is 2.60. The van der Waals surface area contributed by atoms with Gasteiger partial charge in [0.15, 0.2) is 0 Å². The van der Waals surface area contributed by atoms with E-state index in [1.165, 1.54) is 4.90 Å². The molecule has 150 valence electrons. The van der Waals surface area contributed by atoms with Crippen LogP contribution < -0.4 is 10.1 Å². The number of rotatable bonds is 6. The molecular formula is C20H22Br2N2O4. The lowest BCUT2D eigenvalue weighted by Gasteiger charge is -2.28. The van der Waals surface area contributed by atoms with Gasteiger partial charge in [0.25, 0.3) is 0 Å². The Labute approximate surface area is 180 Å². The molecule has 2 bridgehead atoms. The predicted molar refractivity (Wildman–Crippen MR) is 112 cm³/mol. The lowest BCUT2D eigenvalue weighted by molar-refractivity contribution is -0.140. The van der Waals surface area contributed by atoms with Crippen LogP contribution in [0.5, 0.6) is 5.75 Å². The summed E-state index contributed by atoms with van der Waals surface area (Å²) in [6.45, 7) is 2.62. The number of alkyl halides is 2. The van der Waals surface area contributed by atoms with Crippen molar-refractivity contribution in [2.45, 2.75) is 29.4 Å². The minimum atomic E-state index is -0.232. The van der Waals surface area contributed by atoms with E-state index in [1.807, 2.05) is 6.92 Å². The van der Waals surface area contributed by atoms with Crippen LogP contribution in [-0.4, -0.2) is 45.4 Å². The number of carbonyl (C=O) groups is 3. The van der Waals surface area contributed by atoms with Gasteiger partial charge in [0.05, 0.1) is 18.4 Å². The largest absolute Gasteiger partial charge is 0.494 e. The average molecular weight is 514 g/mol. The number of nitrogens with zero attached hydrogens (tertiary/aromatic N) is 1. The van der Waals surface area contributed by atoms with Crippen LogP contribution in [0, 0.1) is 23.7 Å². The molecule has 3 fully saturated rings. The van der Waals surface area contributed by atoms with E-state index in [4.69, 9.17) is 4.74 Å². The molecule has 1 aliphatic heterocycles. The average Bonchev–Trinajstić information content (AvgIpc) is 3.27. The van der Waals surface area contributed by atoms with Gasteiger partial charge in [-0.1, -0.05) is 31.9 Å². The molecule has 0 spiro atoms. The maximum Gasteiger partial charge on any atom is 0.233 e. The van der Waals surface area contributed by atoms with E-state index in [0.29, 0.717) is 12.3 Å². The van der Waals surface area contributed by atoms with Crippen molar-refractivity contribution in [3.05, 3.63) is 24.3 Å². The number of nitrogens with one attached hydrogen (secondary N) is 1. The van der Waals surface area contributed by atoms with Crippen LogP contribution in [0.2, 0.25) is 0 Å². The van der Waals surface area contributed by atoms with Gasteiger partial charge in [-0.05, 0) is 49.4 Å². The normalized spacial score (nSPS) is 33.3. The van der Waals surface area contributed by atoms with Gasteiger partial charge >= 0.3 is 0 Å². The zero-order valence-electron chi connectivity index (χ0n) is 15.4. The summed E-state index contributed by atoms with van der Waals surface area (Å²) in [5.41, 5.74) is 0.659. The predicted octanol–water partition coefficient (Wildman–Crippen LogP) is 3.19. The number of carbonyl (C=O) groups excluding carboxylic acids is 3. The van der Waals surface area contributed by atoms with Crippen molar-refractivity contribution in [2.75, 3.05) is 18.5 Å². The summed E-state index contributed by atoms with van der Waals surface area (Å²) in [7, 11) is 0. The molecule has 0 radical (unpaired) electrons. The first kappa shape index (κ1) is 19.9. The lowest BCUT2D eigenvalue weighted by Crippen LogP contribution is -2.37. The van der Waals surface area contributed by atoms with Gasteiger partial charge in [-0.15, -0.1) is 0 Å². The fourth-order valence-electron chi connectivity index (χ4n) is 4.87. The molecule has 2 saturated carbocycles. The molecule has 1 N–H and O–H groups in total. The van der Waals surface area contributed by atoms with Gasteiger partial charge in [-0.25, -0.2) is 0 Å².